The Bertz CT molecular complexity index is 522. The van der Waals surface area contributed by atoms with E-state index >= 15 is 0 Å². The predicted molar refractivity (Wildman–Crippen MR) is 75.6 cm³/mol. The third-order valence-electron chi connectivity index (χ3n) is 4.25. The molecule has 2 aliphatic rings. The van der Waals surface area contributed by atoms with Crippen molar-refractivity contribution in [3.8, 4) is 0 Å². The molecule has 19 heavy (non-hydrogen) atoms. The number of rotatable bonds is 4. The molecule has 1 aromatic rings. The van der Waals surface area contributed by atoms with Gasteiger partial charge in [-0.05, 0) is 31.7 Å². The second-order valence-corrected chi connectivity index (χ2v) is 6.21. The molecule has 0 radical (unpaired) electrons. The summed E-state index contributed by atoms with van der Waals surface area (Å²) in [6.45, 7) is 5.08. The Morgan fingerprint density at radius 3 is 3.00 bits per heavy atom. The fraction of sp³-hybridized carbons (Fsp3) is 0.714. The molecule has 1 N–H and O–H groups in total. The van der Waals surface area contributed by atoms with Gasteiger partial charge in [-0.1, -0.05) is 6.92 Å². The molecule has 1 aromatic heterocycles. The highest BCUT2D eigenvalue weighted by Crippen LogP contribution is 2.34. The van der Waals surface area contributed by atoms with Crippen LogP contribution in [0.4, 0.5) is 5.82 Å². The lowest BCUT2D eigenvalue weighted by molar-refractivity contribution is 0.355. The normalized spacial score (nSPS) is 26.9. The third kappa shape index (κ3) is 2.39. The Balaban J connectivity index is 1.84. The summed E-state index contributed by atoms with van der Waals surface area (Å²) in [7, 11) is 1.98. The van der Waals surface area contributed by atoms with E-state index in [9.17, 15) is 4.79 Å². The predicted octanol–water partition coefficient (Wildman–Crippen LogP) is 1.01. The van der Waals surface area contributed by atoms with E-state index in [1.165, 1.54) is 0 Å². The fourth-order valence-electron chi connectivity index (χ4n) is 3.05. The van der Waals surface area contributed by atoms with Gasteiger partial charge >= 0.3 is 0 Å². The van der Waals surface area contributed by atoms with Crippen molar-refractivity contribution in [3.05, 3.63) is 22.7 Å². The van der Waals surface area contributed by atoms with Crippen LogP contribution < -0.4 is 15.8 Å². The highest BCUT2D eigenvalue weighted by atomic mass is 16.1. The molecule has 0 bridgehead atoms. The zero-order chi connectivity index (χ0) is 13.5. The van der Waals surface area contributed by atoms with E-state index in [0.29, 0.717) is 11.9 Å². The van der Waals surface area contributed by atoms with Gasteiger partial charge in [0, 0.05) is 38.1 Å². The standard InChI is InChI=1S/C14H22N4O/c1-14(9-15-2)5-7-17(10-14)12-13(19)18(8-6-16-12)11-3-4-11/h6,8,11,15H,3-5,7,9-10H2,1-2H3. The molecule has 1 saturated carbocycles. The maximum atomic E-state index is 12.4. The fourth-order valence-corrected chi connectivity index (χ4v) is 3.05. The van der Waals surface area contributed by atoms with Crippen molar-refractivity contribution in [2.24, 2.45) is 5.41 Å². The van der Waals surface area contributed by atoms with Crippen molar-refractivity contribution in [2.45, 2.75) is 32.2 Å². The lowest BCUT2D eigenvalue weighted by Gasteiger charge is -2.24. The van der Waals surface area contributed by atoms with Gasteiger partial charge in [-0.15, -0.1) is 0 Å². The first-order valence-corrected chi connectivity index (χ1v) is 7.10. The van der Waals surface area contributed by atoms with Gasteiger partial charge in [-0.3, -0.25) is 4.79 Å². The first-order valence-electron chi connectivity index (χ1n) is 7.10. The molecular formula is C14H22N4O. The Labute approximate surface area is 113 Å². The molecule has 1 atom stereocenters. The lowest BCUT2D eigenvalue weighted by Crippen LogP contribution is -2.36. The maximum absolute atomic E-state index is 12.4. The van der Waals surface area contributed by atoms with Gasteiger partial charge in [0.1, 0.15) is 0 Å². The highest BCUT2D eigenvalue weighted by Gasteiger charge is 2.35. The zero-order valence-electron chi connectivity index (χ0n) is 11.7. The Morgan fingerprint density at radius 2 is 2.32 bits per heavy atom. The summed E-state index contributed by atoms with van der Waals surface area (Å²) in [5, 5.41) is 3.25. The maximum Gasteiger partial charge on any atom is 0.293 e. The summed E-state index contributed by atoms with van der Waals surface area (Å²) in [6.07, 6.45) is 6.95. The second kappa shape index (κ2) is 4.63. The van der Waals surface area contributed by atoms with Crippen LogP contribution >= 0.6 is 0 Å². The lowest BCUT2D eigenvalue weighted by atomic mass is 9.90. The largest absolute Gasteiger partial charge is 0.351 e. The van der Waals surface area contributed by atoms with Crippen molar-refractivity contribution in [2.75, 3.05) is 31.6 Å². The molecule has 3 rings (SSSR count). The van der Waals surface area contributed by atoms with Crippen LogP contribution in [0.1, 0.15) is 32.2 Å². The van der Waals surface area contributed by atoms with Crippen molar-refractivity contribution >= 4 is 5.82 Å². The molecule has 2 heterocycles. The van der Waals surface area contributed by atoms with E-state index in [0.717, 1.165) is 38.9 Å². The number of aromatic nitrogens is 2. The topological polar surface area (TPSA) is 50.2 Å². The summed E-state index contributed by atoms with van der Waals surface area (Å²) in [5.41, 5.74) is 0.321. The van der Waals surface area contributed by atoms with Gasteiger partial charge in [0.15, 0.2) is 5.82 Å². The van der Waals surface area contributed by atoms with Crippen LogP contribution in [0.25, 0.3) is 0 Å². The summed E-state index contributed by atoms with van der Waals surface area (Å²) in [5.74, 6) is 0.634. The first-order chi connectivity index (χ1) is 9.13. The summed E-state index contributed by atoms with van der Waals surface area (Å²) < 4.78 is 1.86. The molecule has 0 amide bonds. The number of hydrogen-bond donors (Lipinski definition) is 1. The Kier molecular flexibility index (Phi) is 3.09. The minimum Gasteiger partial charge on any atom is -0.351 e. The molecule has 0 aromatic carbocycles. The summed E-state index contributed by atoms with van der Waals surface area (Å²) >= 11 is 0. The quantitative estimate of drug-likeness (QED) is 0.880. The van der Waals surface area contributed by atoms with E-state index in [-0.39, 0.29) is 11.0 Å². The molecule has 1 saturated heterocycles. The van der Waals surface area contributed by atoms with Crippen molar-refractivity contribution in [3.63, 3.8) is 0 Å². The monoisotopic (exact) mass is 262 g/mol. The smallest absolute Gasteiger partial charge is 0.293 e. The van der Waals surface area contributed by atoms with Crippen LogP contribution in [0.5, 0.6) is 0 Å². The molecule has 2 fully saturated rings. The van der Waals surface area contributed by atoms with Gasteiger partial charge in [-0.2, -0.15) is 0 Å². The summed E-state index contributed by atoms with van der Waals surface area (Å²) in [4.78, 5) is 18.9. The minimum atomic E-state index is 0.0821. The average molecular weight is 262 g/mol. The Hall–Kier alpha value is -1.36. The van der Waals surface area contributed by atoms with Crippen molar-refractivity contribution in [1.82, 2.24) is 14.9 Å². The van der Waals surface area contributed by atoms with Gasteiger partial charge in [0.2, 0.25) is 0 Å². The second-order valence-electron chi connectivity index (χ2n) is 6.21. The van der Waals surface area contributed by atoms with E-state index in [2.05, 4.69) is 22.1 Å². The van der Waals surface area contributed by atoms with E-state index in [4.69, 9.17) is 0 Å². The zero-order valence-corrected chi connectivity index (χ0v) is 11.7. The SMILES string of the molecule is CNCC1(C)CCN(c2nccn(C3CC3)c2=O)C1. The number of hydrogen-bond acceptors (Lipinski definition) is 4. The first kappa shape index (κ1) is 12.7. The van der Waals surface area contributed by atoms with Crippen LogP contribution in [0.15, 0.2) is 17.2 Å². The number of nitrogens with one attached hydrogen (secondary N) is 1. The van der Waals surface area contributed by atoms with Crippen LogP contribution in [0.2, 0.25) is 0 Å². The molecule has 5 heteroatoms. The average Bonchev–Trinajstić information content (AvgIpc) is 3.14. The molecule has 0 spiro atoms. The molecule has 5 nitrogen and oxygen atoms in total. The molecule has 104 valence electrons. The third-order valence-corrected chi connectivity index (χ3v) is 4.25. The van der Waals surface area contributed by atoms with Crippen LogP contribution in [0.3, 0.4) is 0 Å². The molecular weight excluding hydrogens is 240 g/mol. The van der Waals surface area contributed by atoms with Gasteiger partial charge in [0.05, 0.1) is 0 Å². The molecule has 1 aliphatic carbocycles. The van der Waals surface area contributed by atoms with E-state index in [1.54, 1.807) is 6.20 Å². The molecule has 1 aliphatic heterocycles. The Morgan fingerprint density at radius 1 is 1.53 bits per heavy atom. The van der Waals surface area contributed by atoms with Gasteiger partial charge in [0.25, 0.3) is 5.56 Å². The van der Waals surface area contributed by atoms with Crippen molar-refractivity contribution in [1.29, 1.82) is 0 Å². The summed E-state index contributed by atoms with van der Waals surface area (Å²) in [6, 6.07) is 0.417. The molecule has 1 unspecified atom stereocenters. The number of anilines is 1. The highest BCUT2D eigenvalue weighted by molar-refractivity contribution is 5.38. The number of nitrogens with zero attached hydrogens (tertiary/aromatic N) is 3. The van der Waals surface area contributed by atoms with Crippen LogP contribution in [-0.4, -0.2) is 36.2 Å². The van der Waals surface area contributed by atoms with Crippen LogP contribution in [0, 0.1) is 5.41 Å². The van der Waals surface area contributed by atoms with E-state index < -0.39 is 0 Å². The van der Waals surface area contributed by atoms with Crippen LogP contribution in [-0.2, 0) is 0 Å². The van der Waals surface area contributed by atoms with Gasteiger partial charge in [-0.25, -0.2) is 4.98 Å². The van der Waals surface area contributed by atoms with Gasteiger partial charge < -0.3 is 14.8 Å². The minimum absolute atomic E-state index is 0.0821. The van der Waals surface area contributed by atoms with Crippen molar-refractivity contribution < 1.29 is 0 Å². The van der Waals surface area contributed by atoms with E-state index in [1.807, 2.05) is 17.8 Å².